The van der Waals surface area contributed by atoms with E-state index in [1.807, 2.05) is 0 Å². The van der Waals surface area contributed by atoms with Crippen LogP contribution in [0, 0.1) is 0 Å². The van der Waals surface area contributed by atoms with E-state index >= 15 is 0 Å². The maximum atomic E-state index is 9.59. The van der Waals surface area contributed by atoms with Crippen molar-refractivity contribution in [3.63, 3.8) is 0 Å². The molecule has 0 amide bonds. The van der Waals surface area contributed by atoms with Crippen LogP contribution >= 0.6 is 0 Å². The van der Waals surface area contributed by atoms with Crippen molar-refractivity contribution < 1.29 is 33.4 Å². The Kier molecular flexibility index (Phi) is 3.97. The van der Waals surface area contributed by atoms with Gasteiger partial charge in [-0.3, -0.25) is 4.79 Å². The van der Waals surface area contributed by atoms with Gasteiger partial charge in [0, 0.05) is 25.5 Å². The Morgan fingerprint density at radius 2 is 2.44 bits per heavy atom. The SMILES string of the molecule is O=COc1ccco1.[Zn]. The Morgan fingerprint density at radius 1 is 1.67 bits per heavy atom. The molecular weight excluding hydrogens is 173 g/mol. The molecule has 44 valence electrons. The number of furan rings is 1. The summed E-state index contributed by atoms with van der Waals surface area (Å²) in [7, 11) is 0. The molecule has 0 aromatic carbocycles. The molecule has 0 radical (unpaired) electrons. The number of ether oxygens (including phenoxy) is 1. The molecule has 0 spiro atoms. The van der Waals surface area contributed by atoms with E-state index in [2.05, 4.69) is 9.15 Å². The quantitative estimate of drug-likeness (QED) is 0.496. The minimum absolute atomic E-state index is 0. The molecule has 0 bridgehead atoms. The fraction of sp³-hybridized carbons (Fsp3) is 0. The number of hydrogen-bond donors (Lipinski definition) is 0. The molecule has 0 fully saturated rings. The van der Waals surface area contributed by atoms with Crippen molar-refractivity contribution in [3.8, 4) is 5.95 Å². The van der Waals surface area contributed by atoms with Gasteiger partial charge < -0.3 is 9.15 Å². The zero-order valence-corrected chi connectivity index (χ0v) is 7.71. The summed E-state index contributed by atoms with van der Waals surface area (Å²) >= 11 is 0. The molecule has 0 saturated heterocycles. The van der Waals surface area contributed by atoms with E-state index in [1.165, 1.54) is 6.26 Å². The molecule has 1 aromatic heterocycles. The topological polar surface area (TPSA) is 39.4 Å². The second kappa shape index (κ2) is 4.27. The Labute approximate surface area is 64.7 Å². The molecule has 3 nitrogen and oxygen atoms in total. The molecule has 0 atom stereocenters. The Balaban J connectivity index is 0.000000640. The Bertz CT molecular complexity index is 159. The second-order valence-corrected chi connectivity index (χ2v) is 1.15. The van der Waals surface area contributed by atoms with Crippen LogP contribution < -0.4 is 4.74 Å². The third kappa shape index (κ3) is 2.42. The average Bonchev–Trinajstić information content (AvgIpc) is 2.19. The molecule has 0 N–H and O–H groups in total. The third-order valence-electron chi connectivity index (χ3n) is 0.659. The molecule has 1 aromatic rings. The van der Waals surface area contributed by atoms with Crippen molar-refractivity contribution in [2.24, 2.45) is 0 Å². The van der Waals surface area contributed by atoms with Crippen molar-refractivity contribution in [1.29, 1.82) is 0 Å². The van der Waals surface area contributed by atoms with Gasteiger partial charge in [-0.1, -0.05) is 0 Å². The van der Waals surface area contributed by atoms with Crippen molar-refractivity contribution in [1.82, 2.24) is 0 Å². The predicted molar refractivity (Wildman–Crippen MR) is 25.4 cm³/mol. The van der Waals surface area contributed by atoms with E-state index in [1.54, 1.807) is 12.1 Å². The van der Waals surface area contributed by atoms with Crippen LogP contribution in [-0.2, 0) is 24.3 Å². The maximum absolute atomic E-state index is 9.59. The van der Waals surface area contributed by atoms with E-state index in [9.17, 15) is 4.79 Å². The predicted octanol–water partition coefficient (Wildman–Crippen LogP) is 0.812. The number of rotatable bonds is 2. The van der Waals surface area contributed by atoms with Crippen LogP contribution in [0.15, 0.2) is 22.8 Å². The van der Waals surface area contributed by atoms with Crippen LogP contribution in [0.2, 0.25) is 0 Å². The number of hydrogen-bond acceptors (Lipinski definition) is 3. The monoisotopic (exact) mass is 176 g/mol. The van der Waals surface area contributed by atoms with Crippen LogP contribution in [0.3, 0.4) is 0 Å². The summed E-state index contributed by atoms with van der Waals surface area (Å²) in [5.74, 6) is 0.222. The van der Waals surface area contributed by atoms with E-state index in [0.717, 1.165) is 0 Å². The van der Waals surface area contributed by atoms with Crippen LogP contribution in [-0.4, -0.2) is 6.47 Å². The average molecular weight is 177 g/mol. The van der Waals surface area contributed by atoms with E-state index in [-0.39, 0.29) is 25.4 Å². The van der Waals surface area contributed by atoms with Crippen LogP contribution in [0.25, 0.3) is 0 Å². The first-order valence-electron chi connectivity index (χ1n) is 2.07. The summed E-state index contributed by atoms with van der Waals surface area (Å²) in [6, 6.07) is 3.19. The first-order valence-corrected chi connectivity index (χ1v) is 2.07. The van der Waals surface area contributed by atoms with Crippen LogP contribution in [0.5, 0.6) is 5.95 Å². The number of carbonyl (C=O) groups is 1. The van der Waals surface area contributed by atoms with Gasteiger partial charge in [-0.05, 0) is 6.07 Å². The first kappa shape index (κ1) is 8.37. The van der Waals surface area contributed by atoms with Gasteiger partial charge in [-0.2, -0.15) is 0 Å². The third-order valence-corrected chi connectivity index (χ3v) is 0.659. The van der Waals surface area contributed by atoms with Crippen molar-refractivity contribution in [2.75, 3.05) is 0 Å². The zero-order valence-electron chi connectivity index (χ0n) is 4.74. The van der Waals surface area contributed by atoms with Gasteiger partial charge in [-0.15, -0.1) is 0 Å². The molecular formula is C5H4O3Zn. The molecule has 0 aliphatic rings. The van der Waals surface area contributed by atoms with Crippen molar-refractivity contribution >= 4 is 6.47 Å². The minimum Gasteiger partial charge on any atom is -0.434 e. The van der Waals surface area contributed by atoms with Gasteiger partial charge in [-0.25, -0.2) is 0 Å². The first-order chi connectivity index (χ1) is 3.93. The van der Waals surface area contributed by atoms with E-state index < -0.39 is 0 Å². The number of carbonyl (C=O) groups excluding carboxylic acids is 1. The molecule has 9 heavy (non-hydrogen) atoms. The summed E-state index contributed by atoms with van der Waals surface area (Å²) in [5, 5.41) is 0. The van der Waals surface area contributed by atoms with E-state index in [0.29, 0.717) is 6.47 Å². The van der Waals surface area contributed by atoms with Crippen molar-refractivity contribution in [3.05, 3.63) is 18.4 Å². The van der Waals surface area contributed by atoms with Crippen molar-refractivity contribution in [2.45, 2.75) is 0 Å². The Hall–Kier alpha value is -0.627. The fourth-order valence-corrected chi connectivity index (χ4v) is 0.378. The fourth-order valence-electron chi connectivity index (χ4n) is 0.378. The largest absolute Gasteiger partial charge is 0.434 e. The minimum atomic E-state index is 0. The van der Waals surface area contributed by atoms with Gasteiger partial charge in [0.2, 0.25) is 0 Å². The normalized spacial score (nSPS) is 7.56. The summed E-state index contributed by atoms with van der Waals surface area (Å²) in [4.78, 5) is 9.59. The smallest absolute Gasteiger partial charge is 0.300 e. The molecule has 1 rings (SSSR count). The van der Waals surface area contributed by atoms with Gasteiger partial charge in [0.05, 0.1) is 6.26 Å². The standard InChI is InChI=1S/C5H4O3.Zn/c6-4-8-5-2-1-3-7-5;/h1-4H;. The second-order valence-electron chi connectivity index (χ2n) is 1.15. The summed E-state index contributed by atoms with van der Waals surface area (Å²) < 4.78 is 8.92. The molecule has 0 aliphatic carbocycles. The Morgan fingerprint density at radius 3 is 2.89 bits per heavy atom. The zero-order chi connectivity index (χ0) is 5.82. The van der Waals surface area contributed by atoms with Gasteiger partial charge >= 0.3 is 6.47 Å². The van der Waals surface area contributed by atoms with E-state index in [4.69, 9.17) is 0 Å². The van der Waals surface area contributed by atoms with Gasteiger partial charge in [0.25, 0.3) is 5.95 Å². The molecule has 1 heterocycles. The summed E-state index contributed by atoms with van der Waals surface area (Å²) in [6.07, 6.45) is 1.43. The summed E-state index contributed by atoms with van der Waals surface area (Å²) in [5.41, 5.74) is 0. The van der Waals surface area contributed by atoms with Gasteiger partial charge in [0.1, 0.15) is 0 Å². The summed E-state index contributed by atoms with van der Waals surface area (Å²) in [6.45, 7) is 0.318. The molecule has 0 saturated carbocycles. The molecule has 0 aliphatic heterocycles. The van der Waals surface area contributed by atoms with Gasteiger partial charge in [0.15, 0.2) is 0 Å². The van der Waals surface area contributed by atoms with Crippen LogP contribution in [0.1, 0.15) is 0 Å². The molecule has 0 unspecified atom stereocenters. The maximum Gasteiger partial charge on any atom is 0.300 e. The molecule has 4 heteroatoms. The van der Waals surface area contributed by atoms with Crippen LogP contribution in [0.4, 0.5) is 0 Å².